The Hall–Kier alpha value is -3.38. The first-order chi connectivity index (χ1) is 13.6. The van der Waals surface area contributed by atoms with Gasteiger partial charge in [0.25, 0.3) is 0 Å². The first-order valence-electron chi connectivity index (χ1n) is 8.11. The number of oxazole rings is 1. The summed E-state index contributed by atoms with van der Waals surface area (Å²) in [6.07, 6.45) is 0. The maximum atomic E-state index is 11.8. The Labute approximate surface area is 165 Å². The summed E-state index contributed by atoms with van der Waals surface area (Å²) in [5.41, 5.74) is 2.37. The highest BCUT2D eigenvalue weighted by atomic mass is 32.2. The highest BCUT2D eigenvalue weighted by Crippen LogP contribution is 2.41. The zero-order valence-corrected chi connectivity index (χ0v) is 16.3. The van der Waals surface area contributed by atoms with Gasteiger partial charge in [0.2, 0.25) is 17.5 Å². The molecule has 0 fully saturated rings. The van der Waals surface area contributed by atoms with Gasteiger partial charge in [-0.3, -0.25) is 4.79 Å². The molecular weight excluding hydrogens is 382 g/mol. The lowest BCUT2D eigenvalue weighted by atomic mass is 10.2. The number of thiocyanates is 1. The number of thioether (sulfide) groups is 1. The van der Waals surface area contributed by atoms with Gasteiger partial charge in [-0.05, 0) is 42.1 Å². The molecule has 1 heterocycles. The average Bonchev–Trinajstić information content (AvgIpc) is 3.14. The number of hydrogen-bond acceptors (Lipinski definition) is 8. The second-order valence-corrected chi connectivity index (χ2v) is 6.30. The first-order valence-corrected chi connectivity index (χ1v) is 9.09. The maximum Gasteiger partial charge on any atom is 0.235 e. The van der Waals surface area contributed by atoms with Crippen molar-refractivity contribution in [1.29, 1.82) is 5.26 Å². The van der Waals surface area contributed by atoms with Gasteiger partial charge in [0, 0.05) is 11.3 Å². The summed E-state index contributed by atoms with van der Waals surface area (Å²) >= 11 is 0.876. The van der Waals surface area contributed by atoms with Crippen molar-refractivity contribution in [3.05, 3.63) is 30.3 Å². The molecule has 28 heavy (non-hydrogen) atoms. The topological polar surface area (TPSA) is 107 Å². The molecule has 1 amide bonds. The Morgan fingerprint density at radius 1 is 1.18 bits per heavy atom. The molecule has 0 unspecified atom stereocenters. The first kappa shape index (κ1) is 19.4. The fourth-order valence-corrected chi connectivity index (χ4v) is 2.90. The number of ether oxygens (including phenoxy) is 3. The fourth-order valence-electron chi connectivity index (χ4n) is 2.63. The molecule has 1 N–H and O–H groups in total. The van der Waals surface area contributed by atoms with Crippen molar-refractivity contribution in [3.63, 3.8) is 0 Å². The number of hydrogen-bond donors (Lipinski definition) is 1. The van der Waals surface area contributed by atoms with Crippen molar-refractivity contribution in [1.82, 2.24) is 4.98 Å². The highest BCUT2D eigenvalue weighted by Gasteiger charge is 2.17. The number of nitrogens with one attached hydrogen (secondary N) is 1. The van der Waals surface area contributed by atoms with Crippen LogP contribution in [0.2, 0.25) is 0 Å². The molecule has 0 bridgehead atoms. The summed E-state index contributed by atoms with van der Waals surface area (Å²) in [5.74, 6) is 1.62. The van der Waals surface area contributed by atoms with Gasteiger partial charge in [-0.15, -0.1) is 0 Å². The van der Waals surface area contributed by atoms with E-state index in [2.05, 4.69) is 10.3 Å². The van der Waals surface area contributed by atoms with Crippen molar-refractivity contribution >= 4 is 34.5 Å². The van der Waals surface area contributed by atoms with Crippen LogP contribution >= 0.6 is 11.8 Å². The summed E-state index contributed by atoms with van der Waals surface area (Å²) in [6.45, 7) is 0. The molecule has 3 aromatic rings. The number of fused-ring (bicyclic) bond motifs is 1. The third-order valence-electron chi connectivity index (χ3n) is 3.85. The Morgan fingerprint density at radius 3 is 2.50 bits per heavy atom. The van der Waals surface area contributed by atoms with E-state index in [0.717, 1.165) is 11.8 Å². The van der Waals surface area contributed by atoms with Crippen LogP contribution in [-0.2, 0) is 4.79 Å². The molecule has 1 aromatic heterocycles. The van der Waals surface area contributed by atoms with E-state index in [1.807, 2.05) is 5.40 Å². The van der Waals surface area contributed by atoms with Crippen molar-refractivity contribution in [3.8, 4) is 34.1 Å². The third-order valence-corrected chi connectivity index (χ3v) is 4.39. The van der Waals surface area contributed by atoms with Crippen LogP contribution < -0.4 is 19.5 Å². The average molecular weight is 399 g/mol. The van der Waals surface area contributed by atoms with Gasteiger partial charge in [-0.25, -0.2) is 4.98 Å². The predicted molar refractivity (Wildman–Crippen MR) is 106 cm³/mol. The number of nitrogens with zero attached hydrogens (tertiary/aromatic N) is 2. The van der Waals surface area contributed by atoms with Crippen molar-refractivity contribution < 1.29 is 23.4 Å². The zero-order valence-electron chi connectivity index (χ0n) is 15.4. The largest absolute Gasteiger partial charge is 0.493 e. The molecular formula is C19H17N3O5S. The molecule has 0 saturated carbocycles. The fraction of sp³-hybridized carbons (Fsp3) is 0.211. The predicted octanol–water partition coefficient (Wildman–Crippen LogP) is 3.67. The number of nitriles is 1. The van der Waals surface area contributed by atoms with Crippen LogP contribution in [-0.4, -0.2) is 38.0 Å². The van der Waals surface area contributed by atoms with Crippen molar-refractivity contribution in [2.75, 3.05) is 32.4 Å². The van der Waals surface area contributed by atoms with E-state index >= 15 is 0 Å². The van der Waals surface area contributed by atoms with E-state index in [1.165, 1.54) is 21.3 Å². The molecule has 0 atom stereocenters. The number of amides is 1. The van der Waals surface area contributed by atoms with Crippen LogP contribution in [0.1, 0.15) is 0 Å². The molecule has 9 heteroatoms. The molecule has 0 saturated heterocycles. The Bertz CT molecular complexity index is 1030. The number of rotatable bonds is 7. The summed E-state index contributed by atoms with van der Waals surface area (Å²) < 4.78 is 21.9. The summed E-state index contributed by atoms with van der Waals surface area (Å²) in [4.78, 5) is 16.3. The molecule has 0 aliphatic heterocycles. The van der Waals surface area contributed by atoms with Crippen LogP contribution in [0.3, 0.4) is 0 Å². The molecule has 3 rings (SSSR count). The molecule has 0 aliphatic rings. The van der Waals surface area contributed by atoms with Crippen LogP contribution in [0.4, 0.5) is 5.69 Å². The Balaban J connectivity index is 1.94. The van der Waals surface area contributed by atoms with Crippen LogP contribution in [0.5, 0.6) is 17.2 Å². The zero-order chi connectivity index (χ0) is 20.1. The van der Waals surface area contributed by atoms with E-state index in [0.29, 0.717) is 45.5 Å². The monoisotopic (exact) mass is 399 g/mol. The SMILES string of the molecule is COc1cc(-c2nc3cc(NC(=O)CSC#N)ccc3o2)cc(OC)c1OC. The number of methoxy groups -OCH3 is 3. The van der Waals surface area contributed by atoms with Gasteiger partial charge >= 0.3 is 0 Å². The summed E-state index contributed by atoms with van der Waals surface area (Å²) in [6, 6.07) is 8.62. The minimum absolute atomic E-state index is 0.0596. The molecule has 0 aliphatic carbocycles. The van der Waals surface area contributed by atoms with E-state index in [1.54, 1.807) is 30.3 Å². The number of benzene rings is 2. The van der Waals surface area contributed by atoms with Crippen LogP contribution in [0, 0.1) is 10.7 Å². The molecule has 0 spiro atoms. The highest BCUT2D eigenvalue weighted by molar-refractivity contribution is 8.04. The smallest absolute Gasteiger partial charge is 0.235 e. The van der Waals surface area contributed by atoms with Gasteiger partial charge in [0.05, 0.1) is 27.1 Å². The van der Waals surface area contributed by atoms with E-state index in [-0.39, 0.29) is 11.7 Å². The molecule has 0 radical (unpaired) electrons. The second-order valence-electron chi connectivity index (χ2n) is 5.54. The van der Waals surface area contributed by atoms with Gasteiger partial charge in [-0.2, -0.15) is 5.26 Å². The standard InChI is InChI=1S/C19H17N3O5S/c1-24-15-6-11(7-16(25-2)18(15)26-3)19-22-13-8-12(4-5-14(13)27-19)21-17(23)9-28-10-20/h4-8H,9H2,1-3H3,(H,21,23). The normalized spacial score (nSPS) is 10.4. The third kappa shape index (κ3) is 3.97. The Morgan fingerprint density at radius 2 is 1.89 bits per heavy atom. The van der Waals surface area contributed by atoms with Gasteiger partial charge in [-0.1, -0.05) is 0 Å². The number of aromatic nitrogens is 1. The lowest BCUT2D eigenvalue weighted by Gasteiger charge is -2.12. The number of anilines is 1. The lowest BCUT2D eigenvalue weighted by molar-refractivity contribution is -0.113. The van der Waals surface area contributed by atoms with Gasteiger partial charge in [0.15, 0.2) is 17.1 Å². The van der Waals surface area contributed by atoms with Crippen LogP contribution in [0.25, 0.3) is 22.6 Å². The van der Waals surface area contributed by atoms with E-state index in [4.69, 9.17) is 23.9 Å². The summed E-state index contributed by atoms with van der Waals surface area (Å²) in [5, 5.41) is 13.1. The molecule has 144 valence electrons. The van der Waals surface area contributed by atoms with E-state index in [9.17, 15) is 4.79 Å². The Kier molecular flexibility index (Phi) is 5.91. The number of carbonyl (C=O) groups excluding carboxylic acids is 1. The minimum Gasteiger partial charge on any atom is -0.493 e. The van der Waals surface area contributed by atoms with E-state index < -0.39 is 0 Å². The number of carbonyl (C=O) groups is 1. The van der Waals surface area contributed by atoms with Crippen molar-refractivity contribution in [2.24, 2.45) is 0 Å². The summed E-state index contributed by atoms with van der Waals surface area (Å²) in [7, 11) is 4.60. The maximum absolute atomic E-state index is 11.8. The molecule has 8 nitrogen and oxygen atoms in total. The van der Waals surface area contributed by atoms with Crippen LogP contribution in [0.15, 0.2) is 34.7 Å². The minimum atomic E-state index is -0.265. The second kappa shape index (κ2) is 8.54. The molecule has 2 aromatic carbocycles. The van der Waals surface area contributed by atoms with Gasteiger partial charge in [0.1, 0.15) is 10.9 Å². The lowest BCUT2D eigenvalue weighted by Crippen LogP contribution is -2.13. The quantitative estimate of drug-likeness (QED) is 0.600. The van der Waals surface area contributed by atoms with Crippen molar-refractivity contribution in [2.45, 2.75) is 0 Å². The van der Waals surface area contributed by atoms with Gasteiger partial charge < -0.3 is 23.9 Å².